The minimum absolute atomic E-state index is 0.0724. The van der Waals surface area contributed by atoms with Crippen LogP contribution in [0.3, 0.4) is 0 Å². The molecule has 1 aromatic heterocycles. The normalized spacial score (nSPS) is 16.1. The quantitative estimate of drug-likeness (QED) is 0.226. The third-order valence-corrected chi connectivity index (χ3v) is 9.22. The van der Waals surface area contributed by atoms with Gasteiger partial charge in [0.1, 0.15) is 0 Å². The van der Waals surface area contributed by atoms with Gasteiger partial charge in [-0.05, 0) is 66.3 Å². The highest BCUT2D eigenvalue weighted by atomic mass is 32.2. The van der Waals surface area contributed by atoms with Crippen molar-refractivity contribution in [2.75, 3.05) is 25.4 Å². The summed E-state index contributed by atoms with van der Waals surface area (Å²) in [6, 6.07) is 28.3. The second-order valence-corrected chi connectivity index (χ2v) is 11.4. The third kappa shape index (κ3) is 5.92. The van der Waals surface area contributed by atoms with E-state index >= 15 is 0 Å². The lowest BCUT2D eigenvalue weighted by Crippen LogP contribution is -2.48. The molecule has 0 spiro atoms. The lowest BCUT2D eigenvalue weighted by Gasteiger charge is -2.41. The van der Waals surface area contributed by atoms with Gasteiger partial charge in [-0.2, -0.15) is 0 Å². The summed E-state index contributed by atoms with van der Waals surface area (Å²) in [5, 5.41) is 3.78. The van der Waals surface area contributed by atoms with Gasteiger partial charge in [0.15, 0.2) is 0 Å². The molecule has 34 heavy (non-hydrogen) atoms. The van der Waals surface area contributed by atoms with E-state index in [0.717, 1.165) is 44.6 Å². The number of rotatable bonds is 9. The Labute approximate surface area is 212 Å². The summed E-state index contributed by atoms with van der Waals surface area (Å²) < 4.78 is 8.11. The molecule has 176 valence electrons. The number of nitrogens with zero attached hydrogens (tertiary/aromatic N) is 1. The average molecular weight is 488 g/mol. The van der Waals surface area contributed by atoms with Crippen LogP contribution >= 0.6 is 23.1 Å². The van der Waals surface area contributed by atoms with Crippen LogP contribution in [0.1, 0.15) is 29.5 Å². The molecular formula is C30H33NOS2. The van der Waals surface area contributed by atoms with Crippen LogP contribution in [0, 0.1) is 6.92 Å². The zero-order valence-corrected chi connectivity index (χ0v) is 21.5. The Morgan fingerprint density at radius 1 is 0.912 bits per heavy atom. The largest absolute Gasteiger partial charge is 0.369 e. The lowest BCUT2D eigenvalue weighted by atomic mass is 9.92. The van der Waals surface area contributed by atoms with Crippen LogP contribution in [0.5, 0.6) is 0 Å². The fourth-order valence-electron chi connectivity index (χ4n) is 4.68. The smallest absolute Gasteiger partial charge is 0.0804 e. The van der Waals surface area contributed by atoms with E-state index in [1.54, 1.807) is 0 Å². The summed E-state index contributed by atoms with van der Waals surface area (Å²) in [6.45, 7) is 6.17. The van der Waals surface area contributed by atoms with E-state index in [2.05, 4.69) is 96.1 Å². The summed E-state index contributed by atoms with van der Waals surface area (Å²) in [6.07, 6.45) is 3.30. The Morgan fingerprint density at radius 2 is 1.65 bits per heavy atom. The molecule has 5 rings (SSSR count). The molecule has 3 aromatic carbocycles. The maximum atomic E-state index is 6.71. The van der Waals surface area contributed by atoms with E-state index in [0.29, 0.717) is 6.61 Å². The first-order chi connectivity index (χ1) is 16.7. The van der Waals surface area contributed by atoms with Gasteiger partial charge >= 0.3 is 0 Å². The van der Waals surface area contributed by atoms with Crippen LogP contribution in [-0.4, -0.2) is 35.9 Å². The first kappa shape index (κ1) is 23.6. The van der Waals surface area contributed by atoms with E-state index in [4.69, 9.17) is 4.74 Å². The fourth-order valence-corrected chi connectivity index (χ4v) is 6.81. The standard InChI is InChI=1S/C30H33NOS2/c1-24-11-13-27(14-12-24)34-23-30(32-21-25-7-3-2-4-8-25)16-19-31(20-17-30)18-15-26-22-33-29-10-6-5-9-28(26)29/h2-14,22H,15-21,23H2,1H3. The zero-order valence-electron chi connectivity index (χ0n) is 19.9. The Morgan fingerprint density at radius 3 is 2.44 bits per heavy atom. The number of piperidine rings is 1. The van der Waals surface area contributed by atoms with E-state index in [-0.39, 0.29) is 5.60 Å². The SMILES string of the molecule is Cc1ccc(SCC2(OCc3ccccc3)CCN(CCc3csc4ccccc34)CC2)cc1. The van der Waals surface area contributed by atoms with Crippen molar-refractivity contribution in [3.8, 4) is 0 Å². The van der Waals surface area contributed by atoms with Crippen molar-refractivity contribution < 1.29 is 4.74 Å². The number of benzene rings is 3. The van der Waals surface area contributed by atoms with Crippen LogP contribution in [0.25, 0.3) is 10.1 Å². The fraction of sp³-hybridized carbons (Fsp3) is 0.333. The molecule has 2 nitrogen and oxygen atoms in total. The van der Waals surface area contributed by atoms with E-state index in [9.17, 15) is 0 Å². The highest BCUT2D eigenvalue weighted by Gasteiger charge is 2.35. The molecule has 0 radical (unpaired) electrons. The van der Waals surface area contributed by atoms with Gasteiger partial charge in [0.05, 0.1) is 12.2 Å². The maximum Gasteiger partial charge on any atom is 0.0804 e. The molecule has 0 N–H and O–H groups in total. The Kier molecular flexibility index (Phi) is 7.70. The summed E-state index contributed by atoms with van der Waals surface area (Å²) in [7, 11) is 0. The average Bonchev–Trinajstić information content (AvgIpc) is 3.31. The van der Waals surface area contributed by atoms with Gasteiger partial charge in [-0.15, -0.1) is 23.1 Å². The molecule has 0 aliphatic carbocycles. The topological polar surface area (TPSA) is 12.5 Å². The van der Waals surface area contributed by atoms with E-state index in [1.807, 2.05) is 23.1 Å². The van der Waals surface area contributed by atoms with E-state index < -0.39 is 0 Å². The Bertz CT molecular complexity index is 1180. The zero-order chi connectivity index (χ0) is 23.2. The Hall–Kier alpha value is -2.11. The van der Waals surface area contributed by atoms with Crippen molar-refractivity contribution in [1.82, 2.24) is 4.90 Å². The molecule has 0 saturated carbocycles. The number of thiophene rings is 1. The molecule has 2 heterocycles. The summed E-state index contributed by atoms with van der Waals surface area (Å²) in [5.74, 6) is 1.01. The second-order valence-electron chi connectivity index (χ2n) is 9.41. The number of fused-ring (bicyclic) bond motifs is 1. The number of hydrogen-bond donors (Lipinski definition) is 0. The molecule has 0 amide bonds. The number of aryl methyl sites for hydroxylation is 1. The highest BCUT2D eigenvalue weighted by Crippen LogP contribution is 2.34. The molecule has 0 atom stereocenters. The number of hydrogen-bond acceptors (Lipinski definition) is 4. The minimum atomic E-state index is -0.0724. The van der Waals surface area contributed by atoms with Crippen molar-refractivity contribution in [3.63, 3.8) is 0 Å². The van der Waals surface area contributed by atoms with Gasteiger partial charge in [-0.3, -0.25) is 0 Å². The number of ether oxygens (including phenoxy) is 1. The molecule has 1 aliphatic heterocycles. The highest BCUT2D eigenvalue weighted by molar-refractivity contribution is 7.99. The van der Waals surface area contributed by atoms with Crippen LogP contribution < -0.4 is 0 Å². The third-order valence-electron chi connectivity index (χ3n) is 6.94. The van der Waals surface area contributed by atoms with Crippen molar-refractivity contribution >= 4 is 33.2 Å². The van der Waals surface area contributed by atoms with Gasteiger partial charge in [0.2, 0.25) is 0 Å². The monoisotopic (exact) mass is 487 g/mol. The summed E-state index contributed by atoms with van der Waals surface area (Å²) in [5.41, 5.74) is 3.99. The Balaban J connectivity index is 1.21. The van der Waals surface area contributed by atoms with E-state index in [1.165, 1.54) is 31.7 Å². The summed E-state index contributed by atoms with van der Waals surface area (Å²) in [4.78, 5) is 3.97. The summed E-state index contributed by atoms with van der Waals surface area (Å²) >= 11 is 3.81. The number of likely N-dealkylation sites (tertiary alicyclic amines) is 1. The molecule has 1 aliphatic rings. The molecule has 0 bridgehead atoms. The van der Waals surface area contributed by atoms with Crippen LogP contribution in [0.2, 0.25) is 0 Å². The van der Waals surface area contributed by atoms with Crippen molar-refractivity contribution in [3.05, 3.63) is 101 Å². The van der Waals surface area contributed by atoms with Crippen molar-refractivity contribution in [2.45, 2.75) is 43.3 Å². The van der Waals surface area contributed by atoms with Crippen LogP contribution in [-0.2, 0) is 17.8 Å². The molecular weight excluding hydrogens is 454 g/mol. The maximum absolute atomic E-state index is 6.71. The van der Waals surface area contributed by atoms with Crippen LogP contribution in [0.4, 0.5) is 0 Å². The van der Waals surface area contributed by atoms with Crippen molar-refractivity contribution in [1.29, 1.82) is 0 Å². The van der Waals surface area contributed by atoms with Gasteiger partial charge in [0, 0.05) is 35.0 Å². The molecule has 4 heteroatoms. The first-order valence-electron chi connectivity index (χ1n) is 12.2. The minimum Gasteiger partial charge on any atom is -0.369 e. The predicted molar refractivity (Wildman–Crippen MR) is 147 cm³/mol. The van der Waals surface area contributed by atoms with Gasteiger partial charge in [0.25, 0.3) is 0 Å². The molecule has 1 fully saturated rings. The van der Waals surface area contributed by atoms with Gasteiger partial charge in [-0.1, -0.05) is 66.2 Å². The molecule has 0 unspecified atom stereocenters. The second kappa shape index (κ2) is 11.1. The van der Waals surface area contributed by atoms with Crippen LogP contribution in [0.15, 0.2) is 89.1 Å². The first-order valence-corrected chi connectivity index (χ1v) is 14.1. The predicted octanol–water partition coefficient (Wildman–Crippen LogP) is 7.60. The molecule has 4 aromatic rings. The lowest BCUT2D eigenvalue weighted by molar-refractivity contribution is -0.0767. The van der Waals surface area contributed by atoms with Gasteiger partial charge < -0.3 is 9.64 Å². The van der Waals surface area contributed by atoms with Crippen molar-refractivity contribution in [2.24, 2.45) is 0 Å². The van der Waals surface area contributed by atoms with Gasteiger partial charge in [-0.25, -0.2) is 0 Å². The molecule has 1 saturated heterocycles. The number of thioether (sulfide) groups is 1.